The Hall–Kier alpha value is -1.72. The molecule has 0 bridgehead atoms. The number of alkyl halides is 3. The highest BCUT2D eigenvalue weighted by Crippen LogP contribution is 2.33. The number of anilines is 1. The molecule has 3 nitrogen and oxygen atoms in total. The minimum absolute atomic E-state index is 0.134. The van der Waals surface area contributed by atoms with Crippen LogP contribution in [0, 0.1) is 11.3 Å². The SMILES string of the molecule is CCC(C)CN(CC)c1ccc(C(F)(F)F)cc1C(=N)N. The molecular formula is C15H22F3N3. The molecule has 0 spiro atoms. The maximum Gasteiger partial charge on any atom is 0.416 e. The van der Waals surface area contributed by atoms with Gasteiger partial charge in [0.25, 0.3) is 0 Å². The van der Waals surface area contributed by atoms with Crippen molar-refractivity contribution in [1.82, 2.24) is 0 Å². The molecular weight excluding hydrogens is 279 g/mol. The van der Waals surface area contributed by atoms with Gasteiger partial charge in [0.15, 0.2) is 0 Å². The molecule has 0 amide bonds. The Morgan fingerprint density at radius 1 is 1.33 bits per heavy atom. The first-order chi connectivity index (χ1) is 9.70. The lowest BCUT2D eigenvalue weighted by atomic mass is 10.0. The van der Waals surface area contributed by atoms with Crippen LogP contribution in [0.4, 0.5) is 18.9 Å². The maximum atomic E-state index is 12.8. The molecule has 1 atom stereocenters. The second kappa shape index (κ2) is 6.83. The predicted molar refractivity (Wildman–Crippen MR) is 79.8 cm³/mol. The van der Waals surface area contributed by atoms with Gasteiger partial charge in [-0.25, -0.2) is 0 Å². The fourth-order valence-electron chi connectivity index (χ4n) is 2.11. The highest BCUT2D eigenvalue weighted by atomic mass is 19.4. The zero-order chi connectivity index (χ0) is 16.2. The Bertz CT molecular complexity index is 497. The molecule has 1 aromatic carbocycles. The van der Waals surface area contributed by atoms with E-state index in [4.69, 9.17) is 11.1 Å². The number of rotatable bonds is 6. The number of hydrogen-bond acceptors (Lipinski definition) is 2. The van der Waals surface area contributed by atoms with Crippen LogP contribution >= 0.6 is 0 Å². The minimum Gasteiger partial charge on any atom is -0.384 e. The number of benzene rings is 1. The Morgan fingerprint density at radius 3 is 2.38 bits per heavy atom. The summed E-state index contributed by atoms with van der Waals surface area (Å²) >= 11 is 0. The van der Waals surface area contributed by atoms with Crippen LogP contribution in [0.2, 0.25) is 0 Å². The first-order valence-electron chi connectivity index (χ1n) is 7.01. The molecule has 118 valence electrons. The van der Waals surface area contributed by atoms with Gasteiger partial charge in [-0.2, -0.15) is 13.2 Å². The maximum absolute atomic E-state index is 12.8. The molecule has 0 heterocycles. The van der Waals surface area contributed by atoms with Crippen LogP contribution in [0.15, 0.2) is 18.2 Å². The van der Waals surface area contributed by atoms with Crippen LogP contribution in [0.25, 0.3) is 0 Å². The Balaban J connectivity index is 3.25. The van der Waals surface area contributed by atoms with Crippen molar-refractivity contribution in [2.24, 2.45) is 11.7 Å². The van der Waals surface area contributed by atoms with Crippen LogP contribution in [0.5, 0.6) is 0 Å². The van der Waals surface area contributed by atoms with E-state index < -0.39 is 11.7 Å². The van der Waals surface area contributed by atoms with Gasteiger partial charge in [0.2, 0.25) is 0 Å². The molecule has 1 rings (SSSR count). The van der Waals surface area contributed by atoms with Crippen molar-refractivity contribution in [3.8, 4) is 0 Å². The van der Waals surface area contributed by atoms with Crippen LogP contribution in [0.1, 0.15) is 38.3 Å². The van der Waals surface area contributed by atoms with Crippen molar-refractivity contribution in [3.05, 3.63) is 29.3 Å². The third kappa shape index (κ3) is 4.37. The number of amidine groups is 1. The number of hydrogen-bond donors (Lipinski definition) is 2. The van der Waals surface area contributed by atoms with Crippen LogP contribution < -0.4 is 10.6 Å². The minimum atomic E-state index is -4.43. The summed E-state index contributed by atoms with van der Waals surface area (Å²) in [5.74, 6) is 0.0609. The third-order valence-electron chi connectivity index (χ3n) is 3.57. The standard InChI is InChI=1S/C15H22F3N3/c1-4-10(3)9-21(5-2)13-7-6-11(15(16,17)18)8-12(13)14(19)20/h6-8,10H,4-5,9H2,1-3H3,(H3,19,20). The number of nitrogen functional groups attached to an aromatic ring is 1. The zero-order valence-corrected chi connectivity index (χ0v) is 12.6. The van der Waals surface area contributed by atoms with Gasteiger partial charge in [0.1, 0.15) is 5.84 Å². The van der Waals surface area contributed by atoms with Gasteiger partial charge in [-0.3, -0.25) is 5.41 Å². The summed E-state index contributed by atoms with van der Waals surface area (Å²) in [7, 11) is 0. The highest BCUT2D eigenvalue weighted by molar-refractivity contribution is 6.00. The summed E-state index contributed by atoms with van der Waals surface area (Å²) in [5.41, 5.74) is 5.41. The monoisotopic (exact) mass is 301 g/mol. The third-order valence-corrected chi connectivity index (χ3v) is 3.57. The lowest BCUT2D eigenvalue weighted by Crippen LogP contribution is -2.30. The summed E-state index contributed by atoms with van der Waals surface area (Å²) in [6.45, 7) is 7.45. The topological polar surface area (TPSA) is 53.1 Å². The zero-order valence-electron chi connectivity index (χ0n) is 12.6. The van der Waals surface area contributed by atoms with Gasteiger partial charge < -0.3 is 10.6 Å². The molecule has 6 heteroatoms. The lowest BCUT2D eigenvalue weighted by molar-refractivity contribution is -0.137. The van der Waals surface area contributed by atoms with Crippen molar-refractivity contribution in [2.45, 2.75) is 33.4 Å². The van der Waals surface area contributed by atoms with E-state index in [2.05, 4.69) is 13.8 Å². The summed E-state index contributed by atoms with van der Waals surface area (Å²) < 4.78 is 38.4. The molecule has 0 radical (unpaired) electrons. The van der Waals surface area contributed by atoms with E-state index in [1.807, 2.05) is 11.8 Å². The van der Waals surface area contributed by atoms with Crippen LogP contribution in [-0.4, -0.2) is 18.9 Å². The highest BCUT2D eigenvalue weighted by Gasteiger charge is 2.31. The fraction of sp³-hybridized carbons (Fsp3) is 0.533. The van der Waals surface area contributed by atoms with Crippen molar-refractivity contribution in [3.63, 3.8) is 0 Å². The number of halogens is 3. The molecule has 1 aromatic rings. The van der Waals surface area contributed by atoms with E-state index >= 15 is 0 Å². The second-order valence-corrected chi connectivity index (χ2v) is 5.20. The van der Waals surface area contributed by atoms with E-state index in [0.29, 0.717) is 18.2 Å². The molecule has 0 aromatic heterocycles. The first-order valence-corrected chi connectivity index (χ1v) is 7.01. The van der Waals surface area contributed by atoms with Gasteiger partial charge >= 0.3 is 6.18 Å². The van der Waals surface area contributed by atoms with E-state index in [-0.39, 0.29) is 11.4 Å². The molecule has 0 aliphatic heterocycles. The van der Waals surface area contributed by atoms with E-state index in [1.54, 1.807) is 0 Å². The van der Waals surface area contributed by atoms with E-state index in [0.717, 1.165) is 25.1 Å². The quantitative estimate of drug-likeness (QED) is 0.619. The van der Waals surface area contributed by atoms with Gasteiger partial charge in [0, 0.05) is 24.3 Å². The van der Waals surface area contributed by atoms with Crippen LogP contribution in [-0.2, 0) is 6.18 Å². The average molecular weight is 301 g/mol. The summed E-state index contributed by atoms with van der Waals surface area (Å²) in [6, 6.07) is 3.41. The molecule has 0 aliphatic carbocycles. The number of nitrogens with zero attached hydrogens (tertiary/aromatic N) is 1. The van der Waals surface area contributed by atoms with Gasteiger partial charge in [0.05, 0.1) is 5.56 Å². The van der Waals surface area contributed by atoms with Crippen molar-refractivity contribution < 1.29 is 13.2 Å². The Labute approximate surface area is 123 Å². The van der Waals surface area contributed by atoms with Gasteiger partial charge in [-0.05, 0) is 31.0 Å². The van der Waals surface area contributed by atoms with Crippen molar-refractivity contribution in [1.29, 1.82) is 5.41 Å². The largest absolute Gasteiger partial charge is 0.416 e. The molecule has 3 N–H and O–H groups in total. The summed E-state index contributed by atoms with van der Waals surface area (Å²) in [6.07, 6.45) is -3.46. The van der Waals surface area contributed by atoms with E-state index in [9.17, 15) is 13.2 Å². The number of nitrogens with two attached hydrogens (primary N) is 1. The number of nitrogens with one attached hydrogen (secondary N) is 1. The summed E-state index contributed by atoms with van der Waals surface area (Å²) in [4.78, 5) is 1.96. The molecule has 0 saturated heterocycles. The Kier molecular flexibility index (Phi) is 5.63. The van der Waals surface area contributed by atoms with Crippen LogP contribution in [0.3, 0.4) is 0 Å². The molecule has 0 saturated carbocycles. The first kappa shape index (κ1) is 17.3. The average Bonchev–Trinajstić information content (AvgIpc) is 2.42. The molecule has 21 heavy (non-hydrogen) atoms. The van der Waals surface area contributed by atoms with Crippen molar-refractivity contribution in [2.75, 3.05) is 18.0 Å². The smallest absolute Gasteiger partial charge is 0.384 e. The molecule has 0 aliphatic rings. The second-order valence-electron chi connectivity index (χ2n) is 5.20. The fourth-order valence-corrected chi connectivity index (χ4v) is 2.11. The predicted octanol–water partition coefficient (Wildman–Crippen LogP) is 3.86. The van der Waals surface area contributed by atoms with Gasteiger partial charge in [-0.1, -0.05) is 20.3 Å². The lowest BCUT2D eigenvalue weighted by Gasteiger charge is -2.28. The normalized spacial score (nSPS) is 13.0. The molecule has 0 fully saturated rings. The van der Waals surface area contributed by atoms with E-state index in [1.165, 1.54) is 6.07 Å². The van der Waals surface area contributed by atoms with Gasteiger partial charge in [-0.15, -0.1) is 0 Å². The summed E-state index contributed by atoms with van der Waals surface area (Å²) in [5, 5.41) is 7.56. The Morgan fingerprint density at radius 2 is 1.95 bits per heavy atom. The van der Waals surface area contributed by atoms with Crippen molar-refractivity contribution >= 4 is 11.5 Å². The molecule has 1 unspecified atom stereocenters.